The lowest BCUT2D eigenvalue weighted by Gasteiger charge is -2.22. The number of carbonyl (C=O) groups is 1. The van der Waals surface area contributed by atoms with E-state index in [-0.39, 0.29) is 24.0 Å². The predicted octanol–water partition coefficient (Wildman–Crippen LogP) is 3.68. The second-order valence-electron chi connectivity index (χ2n) is 5.36. The van der Waals surface area contributed by atoms with Gasteiger partial charge in [-0.15, -0.1) is 0 Å². The third-order valence-electron chi connectivity index (χ3n) is 3.35. The van der Waals surface area contributed by atoms with Crippen LogP contribution in [0.3, 0.4) is 0 Å². The van der Waals surface area contributed by atoms with Crippen molar-refractivity contribution in [1.82, 2.24) is 10.6 Å². The third-order valence-corrected chi connectivity index (χ3v) is 3.59. The molecule has 0 aliphatic rings. The highest BCUT2D eigenvalue weighted by Gasteiger charge is 2.17. The molecule has 0 saturated heterocycles. The van der Waals surface area contributed by atoms with Gasteiger partial charge in [0.1, 0.15) is 0 Å². The van der Waals surface area contributed by atoms with Gasteiger partial charge in [0, 0.05) is 17.1 Å². The molecule has 0 aliphatic carbocycles. The minimum absolute atomic E-state index is 0.0415. The van der Waals surface area contributed by atoms with Crippen LogP contribution in [-0.4, -0.2) is 18.0 Å². The largest absolute Gasteiger partial charge is 0.352 e. The van der Waals surface area contributed by atoms with Crippen LogP contribution in [0.2, 0.25) is 5.02 Å². The van der Waals surface area contributed by atoms with Crippen molar-refractivity contribution in [1.29, 1.82) is 0 Å². The maximum Gasteiger partial charge on any atom is 0.237 e. The van der Waals surface area contributed by atoms with Gasteiger partial charge in [-0.05, 0) is 44.9 Å². The Morgan fingerprint density at radius 2 is 2.00 bits per heavy atom. The molecule has 0 bridgehead atoms. The van der Waals surface area contributed by atoms with E-state index in [4.69, 9.17) is 11.6 Å². The number of rotatable bonds is 7. The molecule has 0 spiro atoms. The van der Waals surface area contributed by atoms with E-state index in [0.717, 1.165) is 18.4 Å². The van der Waals surface area contributed by atoms with Gasteiger partial charge >= 0.3 is 0 Å². The number of hydrogen-bond donors (Lipinski definition) is 2. The van der Waals surface area contributed by atoms with Crippen molar-refractivity contribution < 1.29 is 4.79 Å². The number of hydrogen-bond acceptors (Lipinski definition) is 2. The highest BCUT2D eigenvalue weighted by Crippen LogP contribution is 2.17. The quantitative estimate of drug-likeness (QED) is 0.806. The van der Waals surface area contributed by atoms with E-state index in [2.05, 4.69) is 17.6 Å². The van der Waals surface area contributed by atoms with Gasteiger partial charge < -0.3 is 5.32 Å². The molecule has 0 aromatic heterocycles. The average Bonchev–Trinajstić information content (AvgIpc) is 2.38. The van der Waals surface area contributed by atoms with Crippen LogP contribution in [0.5, 0.6) is 0 Å². The van der Waals surface area contributed by atoms with Crippen LogP contribution in [-0.2, 0) is 4.79 Å². The minimum atomic E-state index is -0.233. The molecule has 3 atom stereocenters. The maximum atomic E-state index is 12.1. The fraction of sp³-hybridized carbons (Fsp3) is 0.562. The summed E-state index contributed by atoms with van der Waals surface area (Å²) in [5.74, 6) is 0.0415. The fourth-order valence-electron chi connectivity index (χ4n) is 2.20. The zero-order valence-corrected chi connectivity index (χ0v) is 13.5. The lowest BCUT2D eigenvalue weighted by molar-refractivity contribution is -0.123. The Hall–Kier alpha value is -1.06. The molecule has 1 aromatic rings. The molecular formula is C16H25ClN2O. The summed E-state index contributed by atoms with van der Waals surface area (Å²) < 4.78 is 0. The summed E-state index contributed by atoms with van der Waals surface area (Å²) in [5.41, 5.74) is 1.08. The third kappa shape index (κ3) is 5.51. The van der Waals surface area contributed by atoms with Crippen molar-refractivity contribution in [2.24, 2.45) is 0 Å². The molecule has 112 valence electrons. The van der Waals surface area contributed by atoms with Crippen molar-refractivity contribution in [3.63, 3.8) is 0 Å². The van der Waals surface area contributed by atoms with Crippen LogP contribution in [0.1, 0.15) is 52.1 Å². The van der Waals surface area contributed by atoms with Gasteiger partial charge in [0.25, 0.3) is 0 Å². The van der Waals surface area contributed by atoms with Crippen molar-refractivity contribution >= 4 is 17.5 Å². The van der Waals surface area contributed by atoms with Crippen molar-refractivity contribution in [3.8, 4) is 0 Å². The Balaban J connectivity index is 2.52. The van der Waals surface area contributed by atoms with Crippen LogP contribution in [0.4, 0.5) is 0 Å². The molecule has 0 aliphatic heterocycles. The monoisotopic (exact) mass is 296 g/mol. The Kier molecular flexibility index (Phi) is 7.03. The maximum absolute atomic E-state index is 12.1. The van der Waals surface area contributed by atoms with Crippen LogP contribution in [0.15, 0.2) is 24.3 Å². The zero-order valence-electron chi connectivity index (χ0n) is 12.7. The van der Waals surface area contributed by atoms with E-state index in [1.165, 1.54) is 0 Å². The molecule has 4 heteroatoms. The summed E-state index contributed by atoms with van der Waals surface area (Å²) in [7, 11) is 0. The Bertz CT molecular complexity index is 436. The molecule has 1 aromatic carbocycles. The summed E-state index contributed by atoms with van der Waals surface area (Å²) in [4.78, 5) is 12.1. The SMILES string of the molecule is CCCC(C)NC(=O)C(C)N[C@H](C)c1cccc(Cl)c1. The lowest BCUT2D eigenvalue weighted by atomic mass is 10.1. The number of nitrogens with one attached hydrogen (secondary N) is 2. The molecule has 20 heavy (non-hydrogen) atoms. The van der Waals surface area contributed by atoms with E-state index in [9.17, 15) is 4.79 Å². The summed E-state index contributed by atoms with van der Waals surface area (Å²) in [6.45, 7) is 8.07. The molecule has 0 saturated carbocycles. The van der Waals surface area contributed by atoms with E-state index in [1.807, 2.05) is 45.0 Å². The molecule has 0 radical (unpaired) electrons. The molecule has 1 rings (SSSR count). The summed E-state index contributed by atoms with van der Waals surface area (Å²) in [6, 6.07) is 7.76. The summed E-state index contributed by atoms with van der Waals surface area (Å²) in [5, 5.41) is 7.03. The molecule has 2 unspecified atom stereocenters. The lowest BCUT2D eigenvalue weighted by Crippen LogP contribution is -2.46. The summed E-state index contributed by atoms with van der Waals surface area (Å²) >= 11 is 5.98. The zero-order chi connectivity index (χ0) is 15.1. The van der Waals surface area contributed by atoms with Gasteiger partial charge in [-0.2, -0.15) is 0 Å². The Labute approximate surface area is 127 Å². The van der Waals surface area contributed by atoms with Gasteiger partial charge in [0.15, 0.2) is 0 Å². The van der Waals surface area contributed by atoms with Gasteiger partial charge in [0.2, 0.25) is 5.91 Å². The Morgan fingerprint density at radius 1 is 1.30 bits per heavy atom. The van der Waals surface area contributed by atoms with Crippen LogP contribution < -0.4 is 10.6 Å². The summed E-state index contributed by atoms with van der Waals surface area (Å²) in [6.07, 6.45) is 2.07. The number of halogens is 1. The van der Waals surface area contributed by atoms with Crippen molar-refractivity contribution in [3.05, 3.63) is 34.9 Å². The molecule has 1 amide bonds. The first-order chi connectivity index (χ1) is 9.43. The Morgan fingerprint density at radius 3 is 2.60 bits per heavy atom. The van der Waals surface area contributed by atoms with Gasteiger partial charge in [-0.3, -0.25) is 10.1 Å². The van der Waals surface area contributed by atoms with Crippen LogP contribution in [0.25, 0.3) is 0 Å². The normalized spacial score (nSPS) is 15.4. The smallest absolute Gasteiger partial charge is 0.237 e. The van der Waals surface area contributed by atoms with Gasteiger partial charge in [-0.1, -0.05) is 37.1 Å². The molecule has 2 N–H and O–H groups in total. The van der Waals surface area contributed by atoms with Gasteiger partial charge in [0.05, 0.1) is 6.04 Å². The highest BCUT2D eigenvalue weighted by molar-refractivity contribution is 6.30. The first-order valence-electron chi connectivity index (χ1n) is 7.26. The minimum Gasteiger partial charge on any atom is -0.352 e. The predicted molar refractivity (Wildman–Crippen MR) is 85.0 cm³/mol. The molecular weight excluding hydrogens is 272 g/mol. The highest BCUT2D eigenvalue weighted by atomic mass is 35.5. The number of benzene rings is 1. The first-order valence-corrected chi connectivity index (χ1v) is 7.63. The van der Waals surface area contributed by atoms with E-state index < -0.39 is 0 Å². The van der Waals surface area contributed by atoms with E-state index in [1.54, 1.807) is 0 Å². The average molecular weight is 297 g/mol. The molecule has 3 nitrogen and oxygen atoms in total. The van der Waals surface area contributed by atoms with Crippen LogP contribution in [0, 0.1) is 0 Å². The topological polar surface area (TPSA) is 41.1 Å². The second-order valence-corrected chi connectivity index (χ2v) is 5.80. The van der Waals surface area contributed by atoms with Crippen molar-refractivity contribution in [2.75, 3.05) is 0 Å². The number of amides is 1. The number of carbonyl (C=O) groups excluding carboxylic acids is 1. The fourth-order valence-corrected chi connectivity index (χ4v) is 2.39. The molecule has 0 heterocycles. The first kappa shape index (κ1) is 17.0. The standard InChI is InChI=1S/C16H25ClN2O/c1-5-7-11(2)18-16(20)13(4)19-12(3)14-8-6-9-15(17)10-14/h6,8-13,19H,5,7H2,1-4H3,(H,18,20)/t11?,12-,13?/m1/s1. The van der Waals surface area contributed by atoms with Crippen molar-refractivity contribution in [2.45, 2.75) is 58.7 Å². The second kappa shape index (κ2) is 8.28. The van der Waals surface area contributed by atoms with Gasteiger partial charge in [-0.25, -0.2) is 0 Å². The molecule has 0 fully saturated rings. The van der Waals surface area contributed by atoms with E-state index in [0.29, 0.717) is 5.02 Å². The van der Waals surface area contributed by atoms with E-state index >= 15 is 0 Å². The van der Waals surface area contributed by atoms with Crippen LogP contribution >= 0.6 is 11.6 Å².